The molecule has 0 saturated heterocycles. The standard InChI is InChI=1S/C5H3O/c1-2-4-6-5-3-1/h4H,5H2. The van der Waals surface area contributed by atoms with Crippen LogP contribution < -0.4 is 0 Å². The molecular formula is C5H3O. The first-order valence-corrected chi connectivity index (χ1v) is 1.67. The highest BCUT2D eigenvalue weighted by Crippen LogP contribution is 1.83. The lowest BCUT2D eigenvalue weighted by atomic mass is 10.5. The lowest BCUT2D eigenvalue weighted by molar-refractivity contribution is 0.277. The van der Waals surface area contributed by atoms with E-state index in [2.05, 4.69) is 23.0 Å². The molecule has 0 spiro atoms. The van der Waals surface area contributed by atoms with Crippen LogP contribution in [0.15, 0.2) is 6.26 Å². The van der Waals surface area contributed by atoms with Crippen LogP contribution in [0.2, 0.25) is 0 Å². The summed E-state index contributed by atoms with van der Waals surface area (Å²) < 4.78 is 4.66. The second-order valence-corrected chi connectivity index (χ2v) is 0.875. The molecular weight excluding hydrogens is 76.1 g/mol. The van der Waals surface area contributed by atoms with Crippen molar-refractivity contribution in [2.24, 2.45) is 0 Å². The third kappa shape index (κ3) is 0.612. The Labute approximate surface area is 36.9 Å². The number of hydrogen-bond donors (Lipinski definition) is 0. The van der Waals surface area contributed by atoms with Gasteiger partial charge in [0, 0.05) is 18.2 Å². The molecule has 29 valence electrons. The van der Waals surface area contributed by atoms with E-state index in [0.717, 1.165) is 0 Å². The lowest BCUT2D eigenvalue weighted by Gasteiger charge is -1.92. The minimum atomic E-state index is 0.521. The zero-order valence-electron chi connectivity index (χ0n) is 3.19. The van der Waals surface area contributed by atoms with E-state index < -0.39 is 0 Å². The summed E-state index contributed by atoms with van der Waals surface area (Å²) in [5.41, 5.74) is 0. The Hall–Kier alpha value is -0.720. The molecule has 1 rings (SSSR count). The summed E-state index contributed by atoms with van der Waals surface area (Å²) in [7, 11) is 0. The summed E-state index contributed by atoms with van der Waals surface area (Å²) in [5, 5.41) is 0. The van der Waals surface area contributed by atoms with Crippen molar-refractivity contribution in [1.29, 1.82) is 0 Å². The van der Waals surface area contributed by atoms with E-state index in [1.165, 1.54) is 6.26 Å². The molecule has 3 radical (unpaired) electrons. The summed E-state index contributed by atoms with van der Waals surface area (Å²) in [6.45, 7) is 0.521. The van der Waals surface area contributed by atoms with Crippen molar-refractivity contribution < 1.29 is 4.74 Å². The molecule has 0 unspecified atom stereocenters. The molecule has 0 amide bonds. The zero-order chi connectivity index (χ0) is 4.24. The van der Waals surface area contributed by atoms with Crippen LogP contribution in [-0.2, 0) is 4.74 Å². The van der Waals surface area contributed by atoms with Gasteiger partial charge in [-0.05, 0) is 0 Å². The molecule has 0 aromatic heterocycles. The van der Waals surface area contributed by atoms with Gasteiger partial charge in [0.2, 0.25) is 0 Å². The van der Waals surface area contributed by atoms with Gasteiger partial charge in [-0.2, -0.15) is 0 Å². The summed E-state index contributed by atoms with van der Waals surface area (Å²) in [4.78, 5) is 0. The topological polar surface area (TPSA) is 9.23 Å². The Kier molecular flexibility index (Phi) is 0.955. The van der Waals surface area contributed by atoms with Crippen molar-refractivity contribution in [2.75, 3.05) is 6.61 Å². The van der Waals surface area contributed by atoms with Gasteiger partial charge in [0.15, 0.2) is 0 Å². The van der Waals surface area contributed by atoms with Gasteiger partial charge in [0.25, 0.3) is 0 Å². The Balaban J connectivity index is 2.46. The fraction of sp³-hybridized carbons (Fsp3) is 0.200. The number of rotatable bonds is 0. The Morgan fingerprint density at radius 1 is 1.67 bits per heavy atom. The SMILES string of the molecule is [C]1=[C]COC=[C]1. The van der Waals surface area contributed by atoms with Gasteiger partial charge in [-0.1, -0.05) is 0 Å². The second-order valence-electron chi connectivity index (χ2n) is 0.875. The molecule has 1 heterocycles. The molecule has 0 fully saturated rings. The molecule has 0 aromatic carbocycles. The predicted octanol–water partition coefficient (Wildman–Crippen LogP) is 0.496. The minimum absolute atomic E-state index is 0.521. The average molecular weight is 79.1 g/mol. The van der Waals surface area contributed by atoms with Crippen molar-refractivity contribution in [1.82, 2.24) is 0 Å². The summed E-state index contributed by atoms with van der Waals surface area (Å²) in [6, 6.07) is 0. The van der Waals surface area contributed by atoms with Crippen LogP contribution >= 0.6 is 0 Å². The average Bonchev–Trinajstić information content (AvgIpc) is 1.72. The van der Waals surface area contributed by atoms with E-state index in [-0.39, 0.29) is 0 Å². The van der Waals surface area contributed by atoms with Gasteiger partial charge in [-0.15, -0.1) is 0 Å². The fourth-order valence-electron chi connectivity index (χ4n) is 0.242. The van der Waals surface area contributed by atoms with Gasteiger partial charge in [0.1, 0.15) is 6.61 Å². The first-order valence-electron chi connectivity index (χ1n) is 1.67. The molecule has 1 aliphatic rings. The van der Waals surface area contributed by atoms with Crippen LogP contribution in [0.1, 0.15) is 0 Å². The molecule has 0 N–H and O–H groups in total. The van der Waals surface area contributed by atoms with Crippen LogP contribution in [0, 0.1) is 18.2 Å². The maximum Gasteiger partial charge on any atom is 0.113 e. The zero-order valence-corrected chi connectivity index (χ0v) is 3.19. The monoisotopic (exact) mass is 79.0 g/mol. The van der Waals surface area contributed by atoms with E-state index in [9.17, 15) is 0 Å². The Morgan fingerprint density at radius 2 is 2.67 bits per heavy atom. The van der Waals surface area contributed by atoms with E-state index in [0.29, 0.717) is 6.61 Å². The van der Waals surface area contributed by atoms with E-state index in [1.807, 2.05) is 0 Å². The van der Waals surface area contributed by atoms with Crippen molar-refractivity contribution in [3.05, 3.63) is 24.5 Å². The van der Waals surface area contributed by atoms with Crippen LogP contribution in [0.3, 0.4) is 0 Å². The van der Waals surface area contributed by atoms with E-state index in [1.54, 1.807) is 0 Å². The number of ether oxygens (including phenoxy) is 1. The molecule has 0 aliphatic carbocycles. The van der Waals surface area contributed by atoms with Crippen molar-refractivity contribution in [2.45, 2.75) is 0 Å². The number of hydrogen-bond acceptors (Lipinski definition) is 1. The Morgan fingerprint density at radius 3 is 2.83 bits per heavy atom. The largest absolute Gasteiger partial charge is 0.496 e. The quantitative estimate of drug-likeness (QED) is 0.410. The molecule has 1 aliphatic heterocycles. The minimum Gasteiger partial charge on any atom is -0.496 e. The Bertz CT molecular complexity index is 69.9. The van der Waals surface area contributed by atoms with Gasteiger partial charge < -0.3 is 4.74 Å². The molecule has 1 heteroatoms. The highest BCUT2D eigenvalue weighted by molar-refractivity contribution is 4.82. The smallest absolute Gasteiger partial charge is 0.113 e. The molecule has 0 bridgehead atoms. The number of allylic oxidation sites excluding steroid dienone is 2. The first kappa shape index (κ1) is 3.47. The lowest BCUT2D eigenvalue weighted by Crippen LogP contribution is -1.84. The van der Waals surface area contributed by atoms with Crippen molar-refractivity contribution in [3.63, 3.8) is 0 Å². The van der Waals surface area contributed by atoms with Gasteiger partial charge in [0.05, 0.1) is 6.26 Å². The van der Waals surface area contributed by atoms with Gasteiger partial charge >= 0.3 is 0 Å². The maximum absolute atomic E-state index is 4.66. The summed E-state index contributed by atoms with van der Waals surface area (Å²) >= 11 is 0. The molecule has 0 saturated carbocycles. The van der Waals surface area contributed by atoms with Gasteiger partial charge in [-0.3, -0.25) is 0 Å². The highest BCUT2D eigenvalue weighted by atomic mass is 16.5. The van der Waals surface area contributed by atoms with Crippen molar-refractivity contribution >= 4 is 0 Å². The van der Waals surface area contributed by atoms with Gasteiger partial charge in [-0.25, -0.2) is 0 Å². The highest BCUT2D eigenvalue weighted by Gasteiger charge is 1.78. The molecule has 1 nitrogen and oxygen atoms in total. The molecule has 0 atom stereocenters. The fourth-order valence-corrected chi connectivity index (χ4v) is 0.242. The first-order chi connectivity index (χ1) is 3.00. The van der Waals surface area contributed by atoms with E-state index in [4.69, 9.17) is 0 Å². The normalized spacial score (nSPS) is 17.3. The second kappa shape index (κ2) is 1.65. The van der Waals surface area contributed by atoms with Crippen LogP contribution in [0.4, 0.5) is 0 Å². The van der Waals surface area contributed by atoms with Crippen molar-refractivity contribution in [3.8, 4) is 0 Å². The molecule has 6 heavy (non-hydrogen) atoms. The van der Waals surface area contributed by atoms with Crippen LogP contribution in [-0.4, -0.2) is 6.61 Å². The van der Waals surface area contributed by atoms with Crippen LogP contribution in [0.25, 0.3) is 0 Å². The predicted molar refractivity (Wildman–Crippen MR) is 20.3 cm³/mol. The molecule has 0 aromatic rings. The summed E-state index contributed by atoms with van der Waals surface area (Å²) in [6.07, 6.45) is 9.32. The third-order valence-corrected chi connectivity index (χ3v) is 0.458. The third-order valence-electron chi connectivity index (χ3n) is 0.458. The van der Waals surface area contributed by atoms with E-state index >= 15 is 0 Å². The maximum atomic E-state index is 4.66. The summed E-state index contributed by atoms with van der Waals surface area (Å²) in [5.74, 6) is 0. The van der Waals surface area contributed by atoms with Crippen LogP contribution in [0.5, 0.6) is 0 Å².